The quantitative estimate of drug-likeness (QED) is 0.668. The van der Waals surface area contributed by atoms with Crippen LogP contribution in [0.15, 0.2) is 48.5 Å². The van der Waals surface area contributed by atoms with E-state index < -0.39 is 16.0 Å². The Hall–Kier alpha value is -1.67. The molecule has 1 aliphatic heterocycles. The fourth-order valence-electron chi connectivity index (χ4n) is 4.42. The molecule has 2 unspecified atom stereocenters. The van der Waals surface area contributed by atoms with Crippen LogP contribution in [0.1, 0.15) is 37.1 Å². The number of aliphatic hydroxyl groups excluding tert-OH is 1. The summed E-state index contributed by atoms with van der Waals surface area (Å²) in [6.07, 6.45) is -0.365. The highest BCUT2D eigenvalue weighted by Crippen LogP contribution is 2.29. The molecule has 2 aromatic rings. The van der Waals surface area contributed by atoms with Crippen molar-refractivity contribution >= 4 is 10.8 Å². The fraction of sp³-hybridized carbons (Fsp3) is 0.500. The van der Waals surface area contributed by atoms with Gasteiger partial charge >= 0.3 is 0 Å². The predicted molar refractivity (Wildman–Crippen MR) is 121 cm³/mol. The van der Waals surface area contributed by atoms with Crippen molar-refractivity contribution in [1.29, 1.82) is 0 Å². The molecule has 4 nitrogen and oxygen atoms in total. The normalized spacial score (nSPS) is 22.5. The van der Waals surface area contributed by atoms with Crippen LogP contribution >= 0.6 is 0 Å². The van der Waals surface area contributed by atoms with Crippen LogP contribution in [0.3, 0.4) is 0 Å². The highest BCUT2D eigenvalue weighted by molar-refractivity contribution is 7.85. The number of halogens is 2. The number of nitrogens with zero attached hydrogens (tertiary/aromatic N) is 2. The molecule has 1 N–H and O–H groups in total. The smallest absolute Gasteiger partial charge is 0.123 e. The lowest BCUT2D eigenvalue weighted by atomic mass is 10.0. The van der Waals surface area contributed by atoms with E-state index in [4.69, 9.17) is 0 Å². The highest BCUT2D eigenvalue weighted by atomic mass is 32.2. The molecule has 0 aliphatic carbocycles. The van der Waals surface area contributed by atoms with Gasteiger partial charge < -0.3 is 5.11 Å². The lowest BCUT2D eigenvalue weighted by Crippen LogP contribution is -2.58. The monoisotopic (exact) mass is 450 g/mol. The summed E-state index contributed by atoms with van der Waals surface area (Å²) in [7, 11) is -1.26. The van der Waals surface area contributed by atoms with E-state index in [9.17, 15) is 18.1 Å². The molecular formula is C24H32F2N2O2S. The van der Waals surface area contributed by atoms with E-state index in [1.54, 1.807) is 31.2 Å². The molecule has 0 spiro atoms. The van der Waals surface area contributed by atoms with Crippen molar-refractivity contribution in [1.82, 2.24) is 9.80 Å². The first-order chi connectivity index (χ1) is 14.7. The Kier molecular flexibility index (Phi) is 8.33. The van der Waals surface area contributed by atoms with Crippen LogP contribution in [-0.4, -0.2) is 69.2 Å². The number of rotatable bonds is 8. The zero-order valence-electron chi connectivity index (χ0n) is 18.4. The van der Waals surface area contributed by atoms with Gasteiger partial charge in [-0.3, -0.25) is 14.0 Å². The maximum atomic E-state index is 13.4. The molecule has 3 rings (SSSR count). The molecule has 0 saturated carbocycles. The standard InChI is InChI=1S/C24H32F2N2O2S/c1-17-14-27(15-18(2)28(17)16-19(3)29)12-13-31(30)24(20-4-8-22(25)9-5-20)21-6-10-23(26)11-7-21/h4-11,17-19,24,29H,12-16H2,1-3H3/t17-,18+,19?,31?. The molecule has 0 aromatic heterocycles. The first-order valence-electron chi connectivity index (χ1n) is 10.8. The highest BCUT2D eigenvalue weighted by Gasteiger charge is 2.30. The lowest BCUT2D eigenvalue weighted by molar-refractivity contribution is 0.0114. The topological polar surface area (TPSA) is 43.8 Å². The minimum Gasteiger partial charge on any atom is -0.392 e. The van der Waals surface area contributed by atoms with Crippen molar-refractivity contribution in [2.24, 2.45) is 0 Å². The Morgan fingerprint density at radius 1 is 0.968 bits per heavy atom. The van der Waals surface area contributed by atoms with Gasteiger partial charge in [-0.15, -0.1) is 0 Å². The molecule has 170 valence electrons. The molecule has 2 aromatic carbocycles. The van der Waals surface area contributed by atoms with Gasteiger partial charge in [0.2, 0.25) is 0 Å². The van der Waals surface area contributed by atoms with Crippen molar-refractivity contribution in [2.45, 2.75) is 44.2 Å². The molecule has 1 aliphatic rings. The third kappa shape index (κ3) is 6.42. The third-order valence-electron chi connectivity index (χ3n) is 5.87. The summed E-state index contributed by atoms with van der Waals surface area (Å²) < 4.78 is 40.2. The van der Waals surface area contributed by atoms with Crippen molar-refractivity contribution in [3.8, 4) is 0 Å². The first kappa shape index (κ1) is 24.0. The van der Waals surface area contributed by atoms with Crippen LogP contribution in [0.25, 0.3) is 0 Å². The van der Waals surface area contributed by atoms with E-state index in [0.717, 1.165) is 24.2 Å². The van der Waals surface area contributed by atoms with Crippen LogP contribution in [0.4, 0.5) is 8.78 Å². The summed E-state index contributed by atoms with van der Waals surface area (Å²) >= 11 is 0. The third-order valence-corrected chi connectivity index (χ3v) is 7.52. The van der Waals surface area contributed by atoms with E-state index >= 15 is 0 Å². The van der Waals surface area contributed by atoms with E-state index in [1.807, 2.05) is 0 Å². The Labute approximate surface area is 186 Å². The Morgan fingerprint density at radius 3 is 1.84 bits per heavy atom. The second kappa shape index (κ2) is 10.8. The van der Waals surface area contributed by atoms with Gasteiger partial charge in [0.05, 0.1) is 11.4 Å². The molecule has 1 saturated heterocycles. The molecule has 0 bridgehead atoms. The average Bonchev–Trinajstić information content (AvgIpc) is 2.72. The van der Waals surface area contributed by atoms with Crippen LogP contribution in [0, 0.1) is 11.6 Å². The van der Waals surface area contributed by atoms with Gasteiger partial charge in [0, 0.05) is 54.8 Å². The fourth-order valence-corrected chi connectivity index (χ4v) is 6.02. The largest absolute Gasteiger partial charge is 0.392 e. The molecule has 0 radical (unpaired) electrons. The van der Waals surface area contributed by atoms with Gasteiger partial charge in [-0.25, -0.2) is 8.78 Å². The zero-order valence-corrected chi connectivity index (χ0v) is 19.2. The maximum absolute atomic E-state index is 13.4. The Morgan fingerprint density at radius 2 is 1.42 bits per heavy atom. The van der Waals surface area contributed by atoms with Crippen molar-refractivity contribution in [2.75, 3.05) is 31.9 Å². The number of piperazine rings is 1. The lowest BCUT2D eigenvalue weighted by Gasteiger charge is -2.45. The second-order valence-corrected chi connectivity index (χ2v) is 10.2. The average molecular weight is 451 g/mol. The molecule has 1 fully saturated rings. The van der Waals surface area contributed by atoms with Crippen molar-refractivity contribution in [3.63, 3.8) is 0 Å². The molecule has 7 heteroatoms. The number of benzene rings is 2. The number of aliphatic hydroxyl groups is 1. The van der Waals surface area contributed by atoms with Crippen LogP contribution in [-0.2, 0) is 10.8 Å². The molecular weight excluding hydrogens is 418 g/mol. The van der Waals surface area contributed by atoms with Gasteiger partial charge in [-0.05, 0) is 56.2 Å². The number of β-amino-alcohol motifs (C(OH)–C–C–N with tert-alkyl or cyclic N) is 1. The van der Waals surface area contributed by atoms with Gasteiger partial charge in [-0.2, -0.15) is 0 Å². The first-order valence-corrected chi connectivity index (χ1v) is 12.2. The summed E-state index contributed by atoms with van der Waals surface area (Å²) in [5.41, 5.74) is 1.52. The summed E-state index contributed by atoms with van der Waals surface area (Å²) in [4.78, 5) is 4.64. The summed E-state index contributed by atoms with van der Waals surface area (Å²) in [6.45, 7) is 9.16. The van der Waals surface area contributed by atoms with E-state index in [1.165, 1.54) is 24.3 Å². The maximum Gasteiger partial charge on any atom is 0.123 e. The second-order valence-electron chi connectivity index (χ2n) is 8.57. The summed E-state index contributed by atoms with van der Waals surface area (Å²) in [5, 5.41) is 9.31. The van der Waals surface area contributed by atoms with Crippen LogP contribution in [0.5, 0.6) is 0 Å². The molecule has 0 amide bonds. The Balaban J connectivity index is 1.70. The zero-order chi connectivity index (χ0) is 22.5. The molecule has 4 atom stereocenters. The van der Waals surface area contributed by atoms with Crippen molar-refractivity contribution < 1.29 is 18.1 Å². The van der Waals surface area contributed by atoms with Gasteiger partial charge in [0.25, 0.3) is 0 Å². The summed E-state index contributed by atoms with van der Waals surface area (Å²) in [6, 6.07) is 12.7. The minimum absolute atomic E-state index is 0.303. The van der Waals surface area contributed by atoms with Gasteiger partial charge in [-0.1, -0.05) is 24.3 Å². The van der Waals surface area contributed by atoms with Crippen LogP contribution in [0.2, 0.25) is 0 Å². The SMILES string of the molecule is CC(O)CN1[C@H](C)CN(CCS(=O)C(c2ccc(F)cc2)c2ccc(F)cc2)C[C@@H]1C. The van der Waals surface area contributed by atoms with Gasteiger partial charge in [0.15, 0.2) is 0 Å². The Bertz CT molecular complexity index is 803. The van der Waals surface area contributed by atoms with Crippen molar-refractivity contribution in [3.05, 3.63) is 71.3 Å². The van der Waals surface area contributed by atoms with E-state index in [0.29, 0.717) is 30.9 Å². The summed E-state index contributed by atoms with van der Waals surface area (Å²) in [5.74, 6) is -0.217. The number of hydrogen-bond donors (Lipinski definition) is 1. The van der Waals surface area contributed by atoms with Crippen LogP contribution < -0.4 is 0 Å². The molecule has 31 heavy (non-hydrogen) atoms. The molecule has 1 heterocycles. The van der Waals surface area contributed by atoms with Gasteiger partial charge in [0.1, 0.15) is 11.6 Å². The van der Waals surface area contributed by atoms with E-state index in [2.05, 4.69) is 23.6 Å². The predicted octanol–water partition coefficient (Wildman–Crippen LogP) is 3.58. The number of hydrogen-bond acceptors (Lipinski definition) is 4. The van der Waals surface area contributed by atoms with E-state index in [-0.39, 0.29) is 17.7 Å². The minimum atomic E-state index is -1.26.